The van der Waals surface area contributed by atoms with Gasteiger partial charge in [-0.2, -0.15) is 0 Å². The monoisotopic (exact) mass is 528 g/mol. The number of rotatable bonds is 1. The van der Waals surface area contributed by atoms with E-state index in [1.54, 1.807) is 0 Å². The molecule has 0 amide bonds. The largest absolute Gasteiger partial charge is 0.312 e. The number of halogens is 1. The molecule has 158 valence electrons. The van der Waals surface area contributed by atoms with Gasteiger partial charge < -0.3 is 4.90 Å². The molecule has 0 saturated heterocycles. The predicted octanol–water partition coefficient (Wildman–Crippen LogP) is 6.29. The van der Waals surface area contributed by atoms with Crippen LogP contribution >= 0.6 is 22.6 Å². The lowest BCUT2D eigenvalue weighted by molar-refractivity contribution is 0.590. The van der Waals surface area contributed by atoms with Crippen molar-refractivity contribution in [3.63, 3.8) is 0 Å². The minimum atomic E-state index is -1.87. The van der Waals surface area contributed by atoms with Gasteiger partial charge in [0.2, 0.25) is 0 Å². The average Bonchev–Trinajstić information content (AvgIpc) is 3.06. The Labute approximate surface area is 196 Å². The molecule has 4 rings (SSSR count). The summed E-state index contributed by atoms with van der Waals surface area (Å²) in [5, 5.41) is 3.08. The lowest BCUT2D eigenvalue weighted by Gasteiger charge is -2.42. The number of hydrogen-bond acceptors (Lipinski definition) is 2. The molecule has 2 heterocycles. The lowest BCUT2D eigenvalue weighted by atomic mass is 9.86. The van der Waals surface area contributed by atoms with Crippen LogP contribution in [0.25, 0.3) is 0 Å². The fourth-order valence-electron chi connectivity index (χ4n) is 4.50. The zero-order valence-corrected chi connectivity index (χ0v) is 22.7. The standard InChI is InChI=1S/C26H33IN2Si/c1-25(2,3)17-9-11-20-22(13-17)30(7,8)23-14-18(26(4,5)6)10-12-21(23)29(20)19-15-24(27)28-16-19/h9-15H,16H2,1-8H3. The average molecular weight is 529 g/mol. The van der Waals surface area contributed by atoms with E-state index in [1.165, 1.54) is 38.6 Å². The fourth-order valence-corrected chi connectivity index (χ4v) is 8.02. The maximum absolute atomic E-state index is 4.67. The topological polar surface area (TPSA) is 15.6 Å². The maximum Gasteiger partial charge on any atom is 0.117 e. The van der Waals surface area contributed by atoms with E-state index in [4.69, 9.17) is 0 Å². The van der Waals surface area contributed by atoms with Crippen LogP contribution in [0.2, 0.25) is 13.1 Å². The molecule has 2 aliphatic heterocycles. The molecule has 4 heteroatoms. The first-order chi connectivity index (χ1) is 13.8. The summed E-state index contributed by atoms with van der Waals surface area (Å²) in [6, 6.07) is 14.4. The molecule has 0 radical (unpaired) electrons. The molecular weight excluding hydrogens is 495 g/mol. The number of aliphatic imine (C=N–C) groups is 1. The van der Waals surface area contributed by atoms with Crippen molar-refractivity contribution in [1.82, 2.24) is 0 Å². The Bertz CT molecular complexity index is 1010. The summed E-state index contributed by atoms with van der Waals surface area (Å²) in [7, 11) is -1.87. The fraction of sp³-hybridized carbons (Fsp3) is 0.423. The Balaban J connectivity index is 2.00. The number of allylic oxidation sites excluding steroid dienone is 1. The Morgan fingerprint density at radius 2 is 1.30 bits per heavy atom. The van der Waals surface area contributed by atoms with Crippen LogP contribution in [0.3, 0.4) is 0 Å². The van der Waals surface area contributed by atoms with Crippen LogP contribution in [0.15, 0.2) is 53.2 Å². The molecule has 2 aromatic carbocycles. The van der Waals surface area contributed by atoms with Crippen molar-refractivity contribution in [3.8, 4) is 0 Å². The predicted molar refractivity (Wildman–Crippen MR) is 144 cm³/mol. The third-order valence-corrected chi connectivity index (χ3v) is 10.7. The molecule has 0 unspecified atom stereocenters. The van der Waals surface area contributed by atoms with E-state index in [0.717, 1.165) is 10.3 Å². The zero-order chi connectivity index (χ0) is 22.1. The molecule has 0 N–H and O–H groups in total. The van der Waals surface area contributed by atoms with E-state index < -0.39 is 8.07 Å². The summed E-state index contributed by atoms with van der Waals surface area (Å²) >= 11 is 2.34. The van der Waals surface area contributed by atoms with E-state index in [0.29, 0.717) is 0 Å². The molecule has 2 aliphatic rings. The summed E-state index contributed by atoms with van der Waals surface area (Å²) in [6.07, 6.45) is 2.24. The molecular formula is C26H33IN2Si. The number of fused-ring (bicyclic) bond motifs is 2. The van der Waals surface area contributed by atoms with Crippen molar-refractivity contribution in [3.05, 3.63) is 59.3 Å². The van der Waals surface area contributed by atoms with Crippen molar-refractivity contribution in [2.45, 2.75) is 65.5 Å². The summed E-state index contributed by atoms with van der Waals surface area (Å²) in [5.74, 6) is 0. The van der Waals surface area contributed by atoms with Crippen LogP contribution < -0.4 is 15.3 Å². The van der Waals surface area contributed by atoms with Gasteiger partial charge in [-0.05, 0) is 73.1 Å². The van der Waals surface area contributed by atoms with Crippen LogP contribution in [0.1, 0.15) is 52.7 Å². The van der Waals surface area contributed by atoms with Gasteiger partial charge >= 0.3 is 0 Å². The first-order valence-corrected chi connectivity index (χ1v) is 14.9. The van der Waals surface area contributed by atoms with Crippen LogP contribution in [0, 0.1) is 0 Å². The van der Waals surface area contributed by atoms with Gasteiger partial charge in [-0.1, -0.05) is 78.9 Å². The van der Waals surface area contributed by atoms with E-state index in [9.17, 15) is 0 Å². The van der Waals surface area contributed by atoms with E-state index in [-0.39, 0.29) is 10.8 Å². The van der Waals surface area contributed by atoms with Crippen molar-refractivity contribution >= 4 is 56.1 Å². The normalized spacial score (nSPS) is 18.0. The number of nitrogens with zero attached hydrogens (tertiary/aromatic N) is 2. The molecule has 0 atom stereocenters. The lowest BCUT2D eigenvalue weighted by Crippen LogP contribution is -2.59. The second-order valence-electron chi connectivity index (χ2n) is 11.2. The van der Waals surface area contributed by atoms with Gasteiger partial charge in [0, 0.05) is 17.1 Å². The minimum absolute atomic E-state index is 0.142. The van der Waals surface area contributed by atoms with Crippen molar-refractivity contribution in [2.24, 2.45) is 4.99 Å². The SMILES string of the molecule is CC(C)(C)c1ccc2c(c1)[Si](C)(C)c1cc(C(C)(C)C)ccc1N2C1=CC(I)=NC1. The van der Waals surface area contributed by atoms with Gasteiger partial charge in [0.15, 0.2) is 0 Å². The highest BCUT2D eigenvalue weighted by molar-refractivity contribution is 14.1. The number of hydrogen-bond donors (Lipinski definition) is 0. The third kappa shape index (κ3) is 3.60. The molecule has 0 aromatic heterocycles. The first-order valence-electron chi connectivity index (χ1n) is 10.8. The quantitative estimate of drug-likeness (QED) is 0.314. The van der Waals surface area contributed by atoms with Crippen LogP contribution in [0.5, 0.6) is 0 Å². The van der Waals surface area contributed by atoms with E-state index in [2.05, 4.69) is 130 Å². The van der Waals surface area contributed by atoms with Crippen molar-refractivity contribution in [2.75, 3.05) is 11.4 Å². The smallest absolute Gasteiger partial charge is 0.117 e. The summed E-state index contributed by atoms with van der Waals surface area (Å²) in [6.45, 7) is 19.7. The molecule has 2 aromatic rings. The maximum atomic E-state index is 4.67. The van der Waals surface area contributed by atoms with Gasteiger partial charge in [-0.15, -0.1) is 0 Å². The Kier molecular flexibility index (Phi) is 5.13. The summed E-state index contributed by atoms with van der Waals surface area (Å²) in [5.41, 5.74) is 7.10. The first kappa shape index (κ1) is 21.8. The Morgan fingerprint density at radius 3 is 1.67 bits per heavy atom. The highest BCUT2D eigenvalue weighted by Gasteiger charge is 2.40. The van der Waals surface area contributed by atoms with Gasteiger partial charge in [0.1, 0.15) is 8.07 Å². The summed E-state index contributed by atoms with van der Waals surface area (Å²) in [4.78, 5) is 7.15. The summed E-state index contributed by atoms with van der Waals surface area (Å²) < 4.78 is 1.09. The van der Waals surface area contributed by atoms with Crippen LogP contribution in [-0.4, -0.2) is 18.3 Å². The molecule has 0 fully saturated rings. The highest BCUT2D eigenvalue weighted by atomic mass is 127. The molecule has 0 saturated carbocycles. The van der Waals surface area contributed by atoms with Gasteiger partial charge in [-0.3, -0.25) is 4.99 Å². The van der Waals surface area contributed by atoms with Crippen LogP contribution in [-0.2, 0) is 10.8 Å². The number of benzene rings is 2. The second kappa shape index (κ2) is 7.06. The highest BCUT2D eigenvalue weighted by Crippen LogP contribution is 2.39. The van der Waals surface area contributed by atoms with Gasteiger partial charge in [-0.25, -0.2) is 0 Å². The van der Waals surface area contributed by atoms with E-state index >= 15 is 0 Å². The molecule has 2 nitrogen and oxygen atoms in total. The zero-order valence-electron chi connectivity index (χ0n) is 19.5. The number of anilines is 2. The Morgan fingerprint density at radius 1 is 0.833 bits per heavy atom. The molecule has 30 heavy (non-hydrogen) atoms. The second-order valence-corrected chi connectivity index (χ2v) is 16.6. The molecule has 0 aliphatic carbocycles. The minimum Gasteiger partial charge on any atom is -0.312 e. The van der Waals surface area contributed by atoms with Crippen molar-refractivity contribution < 1.29 is 0 Å². The van der Waals surface area contributed by atoms with Crippen molar-refractivity contribution in [1.29, 1.82) is 0 Å². The third-order valence-electron chi connectivity index (χ3n) is 6.52. The Hall–Kier alpha value is -1.40. The van der Waals surface area contributed by atoms with Crippen LogP contribution in [0.4, 0.5) is 11.4 Å². The van der Waals surface area contributed by atoms with Gasteiger partial charge in [0.05, 0.1) is 10.3 Å². The molecule has 0 spiro atoms. The van der Waals surface area contributed by atoms with E-state index in [1.807, 2.05) is 0 Å². The van der Waals surface area contributed by atoms with Gasteiger partial charge in [0.25, 0.3) is 0 Å². The molecule has 0 bridgehead atoms.